The number of amides is 2. The van der Waals surface area contributed by atoms with Gasteiger partial charge in [-0.2, -0.15) is 0 Å². The van der Waals surface area contributed by atoms with Crippen molar-refractivity contribution in [2.45, 2.75) is 6.42 Å². The van der Waals surface area contributed by atoms with Crippen LogP contribution < -0.4 is 9.62 Å². The number of benzene rings is 2. The first kappa shape index (κ1) is 18.6. The molecular weight excluding hydrogens is 378 g/mol. The van der Waals surface area contributed by atoms with Gasteiger partial charge in [-0.15, -0.1) is 0 Å². The molecule has 2 aromatic carbocycles. The average Bonchev–Trinajstić information content (AvgIpc) is 3.20. The fourth-order valence-electron chi connectivity index (χ4n) is 3.70. The highest BCUT2D eigenvalue weighted by Crippen LogP contribution is 2.26. The molecule has 0 aliphatic carbocycles. The smallest absolute Gasteiger partial charge is 0.261 e. The summed E-state index contributed by atoms with van der Waals surface area (Å²) in [5.74, 6) is -1.19. The summed E-state index contributed by atoms with van der Waals surface area (Å²) in [6.07, 6.45) is 0.961. The summed E-state index contributed by atoms with van der Waals surface area (Å²) in [5, 5.41) is 0. The number of hydrogen-bond donors (Lipinski definition) is 1. The third kappa shape index (κ3) is 3.53. The summed E-state index contributed by atoms with van der Waals surface area (Å²) in [5.41, 5.74) is 3.07. The van der Waals surface area contributed by atoms with Crippen LogP contribution in [0.5, 0.6) is 0 Å². The number of rotatable bonds is 7. The summed E-state index contributed by atoms with van der Waals surface area (Å²) >= 11 is 0. The van der Waals surface area contributed by atoms with E-state index in [1.165, 1.54) is 5.56 Å². The van der Waals surface area contributed by atoms with E-state index in [4.69, 9.17) is 0 Å². The lowest BCUT2D eigenvalue weighted by atomic mass is 10.1. The van der Waals surface area contributed by atoms with E-state index >= 15 is 0 Å². The van der Waals surface area contributed by atoms with Crippen molar-refractivity contribution in [2.75, 3.05) is 36.8 Å². The van der Waals surface area contributed by atoms with Gasteiger partial charge in [-0.25, -0.2) is 13.1 Å². The minimum Gasteiger partial charge on any atom is -0.370 e. The van der Waals surface area contributed by atoms with E-state index in [0.717, 1.165) is 23.6 Å². The van der Waals surface area contributed by atoms with Crippen LogP contribution in [-0.2, 0) is 16.4 Å². The van der Waals surface area contributed by atoms with E-state index in [9.17, 15) is 18.0 Å². The van der Waals surface area contributed by atoms with Crippen LogP contribution >= 0.6 is 0 Å². The highest BCUT2D eigenvalue weighted by Gasteiger charge is 2.35. The van der Waals surface area contributed by atoms with Crippen LogP contribution in [0.3, 0.4) is 0 Å². The Morgan fingerprint density at radius 3 is 2.25 bits per heavy atom. The molecule has 2 aliphatic heterocycles. The van der Waals surface area contributed by atoms with E-state index < -0.39 is 21.8 Å². The number of para-hydroxylation sites is 1. The SMILES string of the molecule is O=C1c2ccccc2C(=O)N1CCS(=O)(=O)NCCN1CCc2ccccc21. The molecule has 2 aromatic rings. The van der Waals surface area contributed by atoms with Crippen LogP contribution in [0, 0.1) is 0 Å². The topological polar surface area (TPSA) is 86.8 Å². The number of carbonyl (C=O) groups excluding carboxylic acids is 2. The maximum Gasteiger partial charge on any atom is 0.261 e. The minimum atomic E-state index is -3.60. The van der Waals surface area contributed by atoms with Crippen LogP contribution in [0.25, 0.3) is 0 Å². The predicted molar refractivity (Wildman–Crippen MR) is 106 cm³/mol. The molecule has 0 radical (unpaired) electrons. The lowest BCUT2D eigenvalue weighted by molar-refractivity contribution is 0.0664. The van der Waals surface area contributed by atoms with Crippen molar-refractivity contribution in [3.63, 3.8) is 0 Å². The van der Waals surface area contributed by atoms with Crippen molar-refractivity contribution in [1.82, 2.24) is 9.62 Å². The first-order valence-corrected chi connectivity index (χ1v) is 10.9. The van der Waals surface area contributed by atoms with Crippen LogP contribution in [0.4, 0.5) is 5.69 Å². The fourth-order valence-corrected chi connectivity index (χ4v) is 4.67. The normalized spacial score (nSPS) is 15.9. The highest BCUT2D eigenvalue weighted by molar-refractivity contribution is 7.89. The number of nitrogens with zero attached hydrogens (tertiary/aromatic N) is 2. The van der Waals surface area contributed by atoms with Gasteiger partial charge < -0.3 is 4.90 Å². The van der Waals surface area contributed by atoms with Crippen molar-refractivity contribution in [3.05, 3.63) is 65.2 Å². The van der Waals surface area contributed by atoms with Gasteiger partial charge in [-0.3, -0.25) is 14.5 Å². The molecule has 0 saturated carbocycles. The summed E-state index contributed by atoms with van der Waals surface area (Å²) < 4.78 is 27.2. The van der Waals surface area contributed by atoms with E-state index in [0.29, 0.717) is 17.7 Å². The van der Waals surface area contributed by atoms with Gasteiger partial charge in [0.05, 0.1) is 16.9 Å². The standard InChI is InChI=1S/C20H21N3O4S/c24-19-16-6-2-3-7-17(16)20(25)23(19)13-14-28(26,27)21-10-12-22-11-9-15-5-1-4-8-18(15)22/h1-8,21H,9-14H2. The first-order valence-electron chi connectivity index (χ1n) is 9.22. The van der Waals surface area contributed by atoms with Gasteiger partial charge >= 0.3 is 0 Å². The van der Waals surface area contributed by atoms with Crippen molar-refractivity contribution in [2.24, 2.45) is 0 Å². The van der Waals surface area contributed by atoms with Gasteiger partial charge in [0.2, 0.25) is 10.0 Å². The summed E-state index contributed by atoms with van der Waals surface area (Å²) in [6, 6.07) is 14.6. The summed E-state index contributed by atoms with van der Waals surface area (Å²) in [7, 11) is -3.60. The second kappa shape index (κ2) is 7.37. The second-order valence-electron chi connectivity index (χ2n) is 6.89. The van der Waals surface area contributed by atoms with E-state index in [1.807, 2.05) is 18.2 Å². The Kier molecular flexibility index (Phi) is 4.91. The molecule has 0 fully saturated rings. The molecule has 7 nitrogen and oxygen atoms in total. The number of hydrogen-bond acceptors (Lipinski definition) is 5. The Morgan fingerprint density at radius 1 is 0.893 bits per heavy atom. The number of anilines is 1. The highest BCUT2D eigenvalue weighted by atomic mass is 32.2. The second-order valence-corrected chi connectivity index (χ2v) is 8.81. The van der Waals surface area contributed by atoms with Crippen LogP contribution in [0.15, 0.2) is 48.5 Å². The number of sulfonamides is 1. The van der Waals surface area contributed by atoms with Gasteiger partial charge in [-0.1, -0.05) is 30.3 Å². The Morgan fingerprint density at radius 2 is 1.54 bits per heavy atom. The van der Waals surface area contributed by atoms with Crippen molar-refractivity contribution >= 4 is 27.5 Å². The minimum absolute atomic E-state index is 0.159. The Bertz CT molecular complexity index is 1000. The van der Waals surface area contributed by atoms with Crippen molar-refractivity contribution < 1.29 is 18.0 Å². The largest absolute Gasteiger partial charge is 0.370 e. The molecule has 146 valence electrons. The third-order valence-electron chi connectivity index (χ3n) is 5.15. The molecule has 2 heterocycles. The molecule has 0 unspecified atom stereocenters. The molecule has 0 saturated heterocycles. The Hall–Kier alpha value is -2.71. The Balaban J connectivity index is 1.30. The summed E-state index contributed by atoms with van der Waals surface area (Å²) in [4.78, 5) is 27.8. The van der Waals surface area contributed by atoms with Crippen LogP contribution in [0.1, 0.15) is 26.3 Å². The van der Waals surface area contributed by atoms with Crippen LogP contribution in [-0.4, -0.2) is 57.1 Å². The van der Waals surface area contributed by atoms with Gasteiger partial charge in [0.25, 0.3) is 11.8 Å². The lowest BCUT2D eigenvalue weighted by Gasteiger charge is -2.20. The van der Waals surface area contributed by atoms with Crippen LogP contribution in [0.2, 0.25) is 0 Å². The zero-order chi connectivity index (χ0) is 19.7. The van der Waals surface area contributed by atoms with E-state index in [1.54, 1.807) is 24.3 Å². The zero-order valence-corrected chi connectivity index (χ0v) is 16.1. The average molecular weight is 399 g/mol. The van der Waals surface area contributed by atoms with E-state index in [-0.39, 0.29) is 18.8 Å². The van der Waals surface area contributed by atoms with Crippen molar-refractivity contribution in [3.8, 4) is 0 Å². The monoisotopic (exact) mass is 399 g/mol. The molecule has 2 amide bonds. The number of fused-ring (bicyclic) bond motifs is 2. The number of nitrogens with one attached hydrogen (secondary N) is 1. The first-order chi connectivity index (χ1) is 13.5. The maximum absolute atomic E-state index is 12.3. The molecule has 0 atom stereocenters. The molecule has 0 spiro atoms. The molecule has 28 heavy (non-hydrogen) atoms. The molecule has 0 aromatic heterocycles. The van der Waals surface area contributed by atoms with Gasteiger partial charge in [0.15, 0.2) is 0 Å². The zero-order valence-electron chi connectivity index (χ0n) is 15.3. The molecule has 8 heteroatoms. The fraction of sp³-hybridized carbons (Fsp3) is 0.300. The molecular formula is C20H21N3O4S. The number of carbonyl (C=O) groups is 2. The quantitative estimate of drug-likeness (QED) is 0.709. The maximum atomic E-state index is 12.3. The number of imide groups is 1. The van der Waals surface area contributed by atoms with Gasteiger partial charge in [-0.05, 0) is 30.2 Å². The lowest BCUT2D eigenvalue weighted by Crippen LogP contribution is -2.40. The molecule has 2 aliphatic rings. The summed E-state index contributed by atoms with van der Waals surface area (Å²) in [6.45, 7) is 1.56. The molecule has 0 bridgehead atoms. The third-order valence-corrected chi connectivity index (χ3v) is 6.51. The Labute approximate surface area is 164 Å². The predicted octanol–water partition coefficient (Wildman–Crippen LogP) is 1.26. The van der Waals surface area contributed by atoms with Gasteiger partial charge in [0, 0.05) is 31.9 Å². The molecule has 4 rings (SSSR count). The molecule has 1 N–H and O–H groups in total. The van der Waals surface area contributed by atoms with Gasteiger partial charge in [0.1, 0.15) is 0 Å². The van der Waals surface area contributed by atoms with Crippen molar-refractivity contribution in [1.29, 1.82) is 0 Å². The van der Waals surface area contributed by atoms with E-state index in [2.05, 4.69) is 15.7 Å².